The van der Waals surface area contributed by atoms with Gasteiger partial charge in [0.05, 0.1) is 12.7 Å². The zero-order valence-electron chi connectivity index (χ0n) is 11.0. The van der Waals surface area contributed by atoms with Gasteiger partial charge in [-0.25, -0.2) is 0 Å². The van der Waals surface area contributed by atoms with Crippen molar-refractivity contribution in [1.82, 2.24) is 10.2 Å². The molecule has 1 aliphatic heterocycles. The fraction of sp³-hybridized carbons (Fsp3) is 0.846. The molecule has 1 aliphatic rings. The van der Waals surface area contributed by atoms with Crippen LogP contribution in [0.1, 0.15) is 27.2 Å². The van der Waals surface area contributed by atoms with E-state index in [9.17, 15) is 0 Å². The SMILES string of the molecule is C=C(CNCC)CN1CC(C)OCC1CC. The number of morpholine rings is 1. The highest BCUT2D eigenvalue weighted by molar-refractivity contribution is 5.01. The largest absolute Gasteiger partial charge is 0.376 e. The van der Waals surface area contributed by atoms with Gasteiger partial charge in [0.15, 0.2) is 0 Å². The molecule has 0 radical (unpaired) electrons. The lowest BCUT2D eigenvalue weighted by atomic mass is 10.1. The van der Waals surface area contributed by atoms with E-state index in [-0.39, 0.29) is 0 Å². The standard InChI is InChI=1S/C13H26N2O/c1-5-13-10-16-12(4)9-15(13)8-11(3)7-14-6-2/h12-14H,3,5-10H2,1-2,4H3. The van der Waals surface area contributed by atoms with Crippen LogP contribution in [0.4, 0.5) is 0 Å². The molecule has 2 unspecified atom stereocenters. The lowest BCUT2D eigenvalue weighted by Gasteiger charge is -2.38. The van der Waals surface area contributed by atoms with Crippen LogP contribution in [0, 0.1) is 0 Å². The molecule has 0 saturated carbocycles. The second-order valence-corrected chi connectivity index (χ2v) is 4.67. The van der Waals surface area contributed by atoms with Gasteiger partial charge in [0.2, 0.25) is 0 Å². The molecular weight excluding hydrogens is 200 g/mol. The van der Waals surface area contributed by atoms with Gasteiger partial charge in [0.1, 0.15) is 0 Å². The highest BCUT2D eigenvalue weighted by atomic mass is 16.5. The lowest BCUT2D eigenvalue weighted by molar-refractivity contribution is -0.0522. The molecule has 0 aliphatic carbocycles. The molecule has 0 aromatic carbocycles. The summed E-state index contributed by atoms with van der Waals surface area (Å²) in [5.74, 6) is 0. The van der Waals surface area contributed by atoms with Gasteiger partial charge in [-0.3, -0.25) is 4.90 Å². The van der Waals surface area contributed by atoms with Gasteiger partial charge in [0, 0.05) is 25.7 Å². The molecule has 1 fully saturated rings. The Balaban J connectivity index is 2.39. The third-order valence-corrected chi connectivity index (χ3v) is 3.10. The van der Waals surface area contributed by atoms with Crippen molar-refractivity contribution in [1.29, 1.82) is 0 Å². The summed E-state index contributed by atoms with van der Waals surface area (Å²) in [5.41, 5.74) is 1.27. The van der Waals surface area contributed by atoms with Gasteiger partial charge in [-0.05, 0) is 25.5 Å². The zero-order valence-corrected chi connectivity index (χ0v) is 11.0. The predicted molar refractivity (Wildman–Crippen MR) is 68.7 cm³/mol. The van der Waals surface area contributed by atoms with Crippen LogP contribution in [0.3, 0.4) is 0 Å². The average molecular weight is 226 g/mol. The van der Waals surface area contributed by atoms with Gasteiger partial charge in [-0.15, -0.1) is 0 Å². The Morgan fingerprint density at radius 2 is 2.25 bits per heavy atom. The molecule has 3 heteroatoms. The van der Waals surface area contributed by atoms with E-state index in [1.54, 1.807) is 0 Å². The molecule has 94 valence electrons. The monoisotopic (exact) mass is 226 g/mol. The smallest absolute Gasteiger partial charge is 0.0674 e. The predicted octanol–water partition coefficient (Wildman–Crippen LogP) is 1.65. The van der Waals surface area contributed by atoms with Crippen LogP contribution in [-0.4, -0.2) is 49.8 Å². The van der Waals surface area contributed by atoms with Crippen molar-refractivity contribution in [2.24, 2.45) is 0 Å². The fourth-order valence-electron chi connectivity index (χ4n) is 2.13. The summed E-state index contributed by atoms with van der Waals surface area (Å²) in [4.78, 5) is 2.51. The Morgan fingerprint density at radius 3 is 2.88 bits per heavy atom. The second kappa shape index (κ2) is 7.05. The first-order valence-electron chi connectivity index (χ1n) is 6.40. The number of rotatable bonds is 6. The van der Waals surface area contributed by atoms with Crippen LogP contribution in [0.25, 0.3) is 0 Å². The minimum Gasteiger partial charge on any atom is -0.376 e. The molecule has 0 spiro atoms. The molecule has 1 saturated heterocycles. The third kappa shape index (κ3) is 4.24. The van der Waals surface area contributed by atoms with Gasteiger partial charge < -0.3 is 10.1 Å². The molecule has 0 aromatic rings. The maximum absolute atomic E-state index is 5.69. The third-order valence-electron chi connectivity index (χ3n) is 3.10. The molecule has 0 amide bonds. The first-order chi connectivity index (χ1) is 7.67. The van der Waals surface area contributed by atoms with Crippen LogP contribution >= 0.6 is 0 Å². The number of hydrogen-bond acceptors (Lipinski definition) is 3. The molecular formula is C13H26N2O. The van der Waals surface area contributed by atoms with Crippen LogP contribution in [-0.2, 0) is 4.74 Å². The molecule has 1 N–H and O–H groups in total. The summed E-state index contributed by atoms with van der Waals surface area (Å²) in [6, 6.07) is 0.564. The van der Waals surface area contributed by atoms with E-state index in [0.717, 1.165) is 39.2 Å². The normalized spacial score (nSPS) is 26.9. The summed E-state index contributed by atoms with van der Waals surface area (Å²) in [6.07, 6.45) is 1.51. The molecule has 3 nitrogen and oxygen atoms in total. The van der Waals surface area contributed by atoms with Crippen LogP contribution in [0.15, 0.2) is 12.2 Å². The van der Waals surface area contributed by atoms with E-state index in [1.807, 2.05) is 0 Å². The highest BCUT2D eigenvalue weighted by Gasteiger charge is 2.25. The topological polar surface area (TPSA) is 24.5 Å². The highest BCUT2D eigenvalue weighted by Crippen LogP contribution is 2.15. The summed E-state index contributed by atoms with van der Waals surface area (Å²) >= 11 is 0. The van der Waals surface area contributed by atoms with E-state index in [2.05, 4.69) is 37.6 Å². The first kappa shape index (κ1) is 13.7. The van der Waals surface area contributed by atoms with Crippen molar-refractivity contribution in [2.45, 2.75) is 39.3 Å². The number of hydrogen-bond donors (Lipinski definition) is 1. The molecule has 2 atom stereocenters. The summed E-state index contributed by atoms with van der Waals surface area (Å²) in [5, 5.41) is 3.32. The summed E-state index contributed by atoms with van der Waals surface area (Å²) in [6.45, 7) is 15.5. The molecule has 0 aromatic heterocycles. The van der Waals surface area contributed by atoms with Crippen molar-refractivity contribution in [2.75, 3.05) is 32.8 Å². The first-order valence-corrected chi connectivity index (χ1v) is 6.40. The zero-order chi connectivity index (χ0) is 12.0. The van der Waals surface area contributed by atoms with E-state index >= 15 is 0 Å². The summed E-state index contributed by atoms with van der Waals surface area (Å²) < 4.78 is 5.69. The van der Waals surface area contributed by atoms with Crippen molar-refractivity contribution in [3.63, 3.8) is 0 Å². The molecule has 1 rings (SSSR count). The van der Waals surface area contributed by atoms with Gasteiger partial charge in [-0.1, -0.05) is 20.4 Å². The van der Waals surface area contributed by atoms with Gasteiger partial charge >= 0.3 is 0 Å². The minimum absolute atomic E-state index is 0.356. The van der Waals surface area contributed by atoms with E-state index < -0.39 is 0 Å². The Kier molecular flexibility index (Phi) is 6.03. The van der Waals surface area contributed by atoms with Crippen molar-refractivity contribution in [3.05, 3.63) is 12.2 Å². The number of nitrogens with one attached hydrogen (secondary N) is 1. The molecule has 16 heavy (non-hydrogen) atoms. The van der Waals surface area contributed by atoms with Gasteiger partial charge in [-0.2, -0.15) is 0 Å². The van der Waals surface area contributed by atoms with Crippen molar-refractivity contribution < 1.29 is 4.74 Å². The van der Waals surface area contributed by atoms with Gasteiger partial charge in [0.25, 0.3) is 0 Å². The number of ether oxygens (including phenoxy) is 1. The fourth-order valence-corrected chi connectivity index (χ4v) is 2.13. The van der Waals surface area contributed by atoms with Crippen molar-refractivity contribution >= 4 is 0 Å². The minimum atomic E-state index is 0.356. The Morgan fingerprint density at radius 1 is 1.50 bits per heavy atom. The van der Waals surface area contributed by atoms with Crippen LogP contribution < -0.4 is 5.32 Å². The van der Waals surface area contributed by atoms with Crippen LogP contribution in [0.2, 0.25) is 0 Å². The van der Waals surface area contributed by atoms with Crippen LogP contribution in [0.5, 0.6) is 0 Å². The Bertz CT molecular complexity index is 218. The Hall–Kier alpha value is -0.380. The van der Waals surface area contributed by atoms with E-state index in [1.165, 1.54) is 5.57 Å². The van der Waals surface area contributed by atoms with E-state index in [4.69, 9.17) is 4.74 Å². The molecule has 1 heterocycles. The molecule has 0 bridgehead atoms. The maximum atomic E-state index is 5.69. The maximum Gasteiger partial charge on any atom is 0.0674 e. The number of likely N-dealkylation sites (N-methyl/N-ethyl adjacent to an activating group) is 1. The van der Waals surface area contributed by atoms with Crippen molar-refractivity contribution in [3.8, 4) is 0 Å². The Labute approximate surface area is 99.8 Å². The quantitative estimate of drug-likeness (QED) is 0.697. The number of nitrogens with zero attached hydrogens (tertiary/aromatic N) is 1. The lowest BCUT2D eigenvalue weighted by Crippen LogP contribution is -2.49. The summed E-state index contributed by atoms with van der Waals surface area (Å²) in [7, 11) is 0. The average Bonchev–Trinajstić information content (AvgIpc) is 2.27. The van der Waals surface area contributed by atoms with E-state index in [0.29, 0.717) is 12.1 Å². The second-order valence-electron chi connectivity index (χ2n) is 4.67.